The minimum Gasteiger partial charge on any atom is -0.381 e. The highest BCUT2D eigenvalue weighted by molar-refractivity contribution is 5.95. The van der Waals surface area contributed by atoms with Gasteiger partial charge in [0.05, 0.1) is 23.6 Å². The van der Waals surface area contributed by atoms with E-state index in [1.165, 1.54) is 75.7 Å². The molecule has 0 bridgehead atoms. The summed E-state index contributed by atoms with van der Waals surface area (Å²) in [4.78, 5) is 52.1. The van der Waals surface area contributed by atoms with Crippen molar-refractivity contribution in [1.29, 1.82) is 0 Å². The summed E-state index contributed by atoms with van der Waals surface area (Å²) in [7, 11) is 3.44. The minimum atomic E-state index is -0.321. The van der Waals surface area contributed by atoms with Gasteiger partial charge >= 0.3 is 0 Å². The van der Waals surface area contributed by atoms with Crippen molar-refractivity contribution in [3.8, 4) is 0 Å². The van der Waals surface area contributed by atoms with E-state index in [9.17, 15) is 14.4 Å². The summed E-state index contributed by atoms with van der Waals surface area (Å²) in [6.07, 6.45) is 22.8. The number of benzene rings is 2. The van der Waals surface area contributed by atoms with Crippen molar-refractivity contribution in [3.63, 3.8) is 0 Å². The third kappa shape index (κ3) is 23.6. The molecule has 0 spiro atoms. The van der Waals surface area contributed by atoms with Crippen LogP contribution in [0.25, 0.3) is 16.6 Å². The van der Waals surface area contributed by atoms with Gasteiger partial charge in [0.2, 0.25) is 5.91 Å². The first-order valence-corrected chi connectivity index (χ1v) is 29.4. The molecule has 4 atom stereocenters. The van der Waals surface area contributed by atoms with Gasteiger partial charge in [-0.25, -0.2) is 4.98 Å². The van der Waals surface area contributed by atoms with Crippen LogP contribution in [-0.2, 0) is 20.9 Å². The van der Waals surface area contributed by atoms with Gasteiger partial charge < -0.3 is 30.6 Å². The lowest BCUT2D eigenvalue weighted by Gasteiger charge is -2.37. The standard InChI is InChI=1S/C33H40N4O2.C15H33N.C13H19N3O2.2C2H6/c1-22(24(3)37-17-14-28(15-18-37)27-9-7-26(8-10-27)25(4)38)19-23(2)30(13-16-34-5)29-11-12-31-32(20-29)36-33(35-31)21-39-6;1-5-9-11-15(10-6-2)14-16(12-7-3)13-8-4;1-8-3-5-11(9(2)15-8)16-12-6-4-10(17)7-14-13(12)18;2*1-2/h7-13,16,19-20,24,28H,2,14-15,17-18,21H2,1,3-6H3,(H,35,36);15H,5-14H2,1-4H3;3,5,9,12,15-16H,4,6-7H2,1-2H3,(H,14,18);2*1-2H3/b22-19+,30-13+,34-16?;;;;. The molecule has 1 amide bonds. The number of carbonyl (C=O) groups excluding carboxylic acids is 3. The topological polar surface area (TPSA) is 144 Å². The van der Waals surface area contributed by atoms with E-state index < -0.39 is 0 Å². The molecule has 4 heterocycles. The molecule has 77 heavy (non-hydrogen) atoms. The summed E-state index contributed by atoms with van der Waals surface area (Å²) in [5, 5.41) is 9.16. The normalized spacial score (nSPS) is 18.1. The number of amides is 1. The summed E-state index contributed by atoms with van der Waals surface area (Å²) in [6, 6.07) is 14.6. The maximum absolute atomic E-state index is 11.8. The van der Waals surface area contributed by atoms with Gasteiger partial charge in [-0.2, -0.15) is 0 Å². The van der Waals surface area contributed by atoms with Crippen LogP contribution in [0.2, 0.25) is 0 Å². The minimum absolute atomic E-state index is 0.0900. The number of Topliss-reactive ketones (excluding diaryl/α,β-unsaturated/α-hetero) is 2. The SMILES string of the molecule is C=C(/C=C(\C)C(C)N1CCC(c2ccc(C(C)=O)cc2)CC1)/C(=C\C=NC)c1ccc2nc(COC)[nH]c2c1.CC.CC.CC1=CC=C(NC2CCC(=O)CNC2=O)C(C)N1.CCCCC(CCC)CN(CCC)CCC. The Morgan fingerprint density at radius 3 is 2.18 bits per heavy atom. The predicted molar refractivity (Wildman–Crippen MR) is 328 cm³/mol. The van der Waals surface area contributed by atoms with E-state index in [4.69, 9.17) is 4.74 Å². The Hall–Kier alpha value is -5.43. The molecule has 2 fully saturated rings. The van der Waals surface area contributed by atoms with Crippen LogP contribution in [0.4, 0.5) is 0 Å². The number of ketones is 2. The molecule has 1 aromatic heterocycles. The molecule has 428 valence electrons. The van der Waals surface area contributed by atoms with Gasteiger partial charge in [0.1, 0.15) is 18.5 Å². The summed E-state index contributed by atoms with van der Waals surface area (Å²) < 4.78 is 5.22. The molecular formula is C65H104N8O4. The van der Waals surface area contributed by atoms with Crippen LogP contribution in [0, 0.1) is 5.92 Å². The molecule has 2 aromatic carbocycles. The van der Waals surface area contributed by atoms with Crippen molar-refractivity contribution < 1.29 is 19.1 Å². The van der Waals surface area contributed by atoms with Crippen LogP contribution in [0.3, 0.4) is 0 Å². The van der Waals surface area contributed by atoms with Crippen LogP contribution in [0.5, 0.6) is 0 Å². The maximum Gasteiger partial charge on any atom is 0.242 e. The lowest BCUT2D eigenvalue weighted by Crippen LogP contribution is -2.46. The number of ether oxygens (including phenoxy) is 1. The fourth-order valence-electron chi connectivity index (χ4n) is 10.0. The van der Waals surface area contributed by atoms with Crippen molar-refractivity contribution in [2.45, 2.75) is 191 Å². The number of piperidine rings is 1. The first-order chi connectivity index (χ1) is 37.1. The zero-order valence-electron chi connectivity index (χ0n) is 50.7. The van der Waals surface area contributed by atoms with Gasteiger partial charge in [0, 0.05) is 56.3 Å². The number of rotatable bonds is 23. The number of nitrogens with one attached hydrogen (secondary N) is 4. The molecule has 0 radical (unpaired) electrons. The fraction of sp³-hybridized carbons (Fsp3) is 0.585. The largest absolute Gasteiger partial charge is 0.381 e. The number of likely N-dealkylation sites (tertiary alicyclic amines) is 1. The Kier molecular flexibility index (Phi) is 33.6. The number of hydrogen-bond acceptors (Lipinski definition) is 10. The quantitative estimate of drug-likeness (QED) is 0.0414. The van der Waals surface area contributed by atoms with Crippen LogP contribution < -0.4 is 16.0 Å². The Bertz CT molecular complexity index is 2360. The van der Waals surface area contributed by atoms with Crippen molar-refractivity contribution >= 4 is 40.3 Å². The van der Waals surface area contributed by atoms with E-state index in [-0.39, 0.29) is 36.1 Å². The highest BCUT2D eigenvalue weighted by Gasteiger charge is 2.27. The molecule has 4 unspecified atom stereocenters. The third-order valence-corrected chi connectivity index (χ3v) is 14.3. The number of fused-ring (bicyclic) bond motifs is 1. The number of allylic oxidation sites excluding steroid dienone is 7. The zero-order chi connectivity index (χ0) is 57.3. The first kappa shape index (κ1) is 67.7. The van der Waals surface area contributed by atoms with E-state index >= 15 is 0 Å². The molecule has 3 aromatic rings. The van der Waals surface area contributed by atoms with E-state index in [0.717, 1.165) is 82.4 Å². The molecule has 0 aliphatic carbocycles. The molecule has 0 saturated carbocycles. The number of aliphatic imine (C=N–C) groups is 1. The smallest absolute Gasteiger partial charge is 0.242 e. The van der Waals surface area contributed by atoms with Crippen molar-refractivity contribution in [2.75, 3.05) is 53.4 Å². The average molecular weight is 1060 g/mol. The van der Waals surface area contributed by atoms with Gasteiger partial charge in [-0.05, 0) is 170 Å². The highest BCUT2D eigenvalue weighted by Crippen LogP contribution is 2.32. The number of hydrogen-bond donors (Lipinski definition) is 4. The molecule has 12 heteroatoms. The number of H-pyrrole nitrogens is 1. The average Bonchev–Trinajstić information content (AvgIpc) is 3.77. The number of carbonyl (C=O) groups is 3. The molecule has 6 rings (SSSR count). The Balaban J connectivity index is 0.000000442. The highest BCUT2D eigenvalue weighted by atomic mass is 16.5. The summed E-state index contributed by atoms with van der Waals surface area (Å²) in [6.45, 7) is 38.4. The first-order valence-electron chi connectivity index (χ1n) is 29.4. The number of aromatic amines is 1. The molecule has 3 aliphatic rings. The van der Waals surface area contributed by atoms with Gasteiger partial charge in [0.25, 0.3) is 0 Å². The monoisotopic (exact) mass is 1060 g/mol. The molecule has 2 saturated heterocycles. The van der Waals surface area contributed by atoms with Gasteiger partial charge in [-0.1, -0.05) is 123 Å². The number of aromatic nitrogens is 2. The van der Waals surface area contributed by atoms with Crippen LogP contribution in [-0.4, -0.2) is 115 Å². The summed E-state index contributed by atoms with van der Waals surface area (Å²) in [5.74, 6) is 2.41. The van der Waals surface area contributed by atoms with Crippen molar-refractivity contribution in [3.05, 3.63) is 118 Å². The van der Waals surface area contributed by atoms with Crippen molar-refractivity contribution in [2.24, 2.45) is 10.9 Å². The second kappa shape index (κ2) is 38.2. The second-order valence-electron chi connectivity index (χ2n) is 20.3. The summed E-state index contributed by atoms with van der Waals surface area (Å²) >= 11 is 0. The van der Waals surface area contributed by atoms with Crippen molar-refractivity contribution in [1.82, 2.24) is 35.7 Å². The van der Waals surface area contributed by atoms with E-state index in [1.807, 2.05) is 84.2 Å². The lowest BCUT2D eigenvalue weighted by atomic mass is 9.87. The Morgan fingerprint density at radius 1 is 0.935 bits per heavy atom. The number of unbranched alkanes of at least 4 members (excludes halogenated alkanes) is 1. The fourth-order valence-corrected chi connectivity index (χ4v) is 10.0. The zero-order valence-corrected chi connectivity index (χ0v) is 50.7. The van der Waals surface area contributed by atoms with Gasteiger partial charge in [-0.3, -0.25) is 24.3 Å². The van der Waals surface area contributed by atoms with E-state index in [1.54, 1.807) is 21.1 Å². The number of nitrogens with zero attached hydrogens (tertiary/aromatic N) is 4. The number of methoxy groups -OCH3 is 1. The summed E-state index contributed by atoms with van der Waals surface area (Å²) in [5.41, 5.74) is 10.4. The molecule has 12 nitrogen and oxygen atoms in total. The van der Waals surface area contributed by atoms with Crippen LogP contribution in [0.1, 0.15) is 194 Å². The Morgan fingerprint density at radius 2 is 1.60 bits per heavy atom. The molecular weight excluding hydrogens is 957 g/mol. The van der Waals surface area contributed by atoms with E-state index in [2.05, 4.69) is 119 Å². The molecule has 4 N–H and O–H groups in total. The lowest BCUT2D eigenvalue weighted by molar-refractivity contribution is -0.124. The van der Waals surface area contributed by atoms with Crippen LogP contribution >= 0.6 is 0 Å². The Labute approximate surface area is 467 Å². The number of dihydropyridines is 1. The van der Waals surface area contributed by atoms with Gasteiger partial charge in [-0.15, -0.1) is 0 Å². The number of imidazole rings is 1. The predicted octanol–water partition coefficient (Wildman–Crippen LogP) is 13.7. The third-order valence-electron chi connectivity index (χ3n) is 14.3. The van der Waals surface area contributed by atoms with Crippen LogP contribution in [0.15, 0.2) is 101 Å². The van der Waals surface area contributed by atoms with Gasteiger partial charge in [0.15, 0.2) is 11.6 Å². The molecule has 3 aliphatic heterocycles. The second-order valence-corrected chi connectivity index (χ2v) is 20.3. The van der Waals surface area contributed by atoms with E-state index in [0.29, 0.717) is 31.4 Å². The maximum atomic E-state index is 11.8.